The van der Waals surface area contributed by atoms with Crippen LogP contribution in [-0.4, -0.2) is 15.7 Å². The van der Waals surface area contributed by atoms with Crippen molar-refractivity contribution in [2.45, 2.75) is 12.8 Å². The molecule has 3 aromatic rings. The van der Waals surface area contributed by atoms with Crippen LogP contribution in [0, 0.1) is 0 Å². The number of hydrogen-bond donors (Lipinski definition) is 0. The van der Waals surface area contributed by atoms with E-state index in [0.717, 1.165) is 40.7 Å². The monoisotopic (exact) mass is 318 g/mol. The summed E-state index contributed by atoms with van der Waals surface area (Å²) in [6.07, 6.45) is 5.86. The third kappa shape index (κ3) is 2.33. The van der Waals surface area contributed by atoms with Gasteiger partial charge in [-0.1, -0.05) is 0 Å². The van der Waals surface area contributed by atoms with E-state index in [2.05, 4.69) is 20.9 Å². The van der Waals surface area contributed by atoms with Crippen LogP contribution in [-0.2, 0) is 12.8 Å². The summed E-state index contributed by atoms with van der Waals surface area (Å²) >= 11 is 3.43. The third-order valence-corrected chi connectivity index (χ3v) is 3.46. The number of imidazole rings is 1. The second kappa shape index (κ2) is 5.01. The van der Waals surface area contributed by atoms with Crippen LogP contribution in [0.5, 0.6) is 0 Å². The van der Waals surface area contributed by atoms with Crippen LogP contribution in [0.25, 0.3) is 5.52 Å². The van der Waals surface area contributed by atoms with Crippen molar-refractivity contribution in [1.82, 2.24) is 9.38 Å². The molecule has 4 nitrogen and oxygen atoms in total. The molecule has 0 amide bonds. The lowest BCUT2D eigenvalue weighted by Crippen LogP contribution is -1.97. The molecule has 0 bridgehead atoms. The Morgan fingerprint density at radius 2 is 2.21 bits per heavy atom. The van der Waals surface area contributed by atoms with Crippen LogP contribution in [0.2, 0.25) is 0 Å². The molecular formula is C14H11BrN2O2. The molecule has 0 radical (unpaired) electrons. The number of carbonyl (C=O) groups is 1. The van der Waals surface area contributed by atoms with Crippen molar-refractivity contribution in [3.63, 3.8) is 0 Å². The van der Waals surface area contributed by atoms with Gasteiger partial charge < -0.3 is 8.82 Å². The standard InChI is InChI=1S/C14H11BrN2O2/c15-10-3-5-13-12(9-18)16-14(17(13)8-10)6-4-11-2-1-7-19-11/h1-3,5,7-9H,4,6H2. The summed E-state index contributed by atoms with van der Waals surface area (Å²) in [5.41, 5.74) is 1.30. The number of aryl methyl sites for hydroxylation is 2. The van der Waals surface area contributed by atoms with E-state index in [1.165, 1.54) is 0 Å². The lowest BCUT2D eigenvalue weighted by atomic mass is 10.2. The second-order valence-electron chi connectivity index (χ2n) is 4.21. The smallest absolute Gasteiger partial charge is 0.170 e. The van der Waals surface area contributed by atoms with E-state index in [9.17, 15) is 4.79 Å². The van der Waals surface area contributed by atoms with E-state index in [1.54, 1.807) is 6.26 Å². The van der Waals surface area contributed by atoms with Gasteiger partial charge in [0.15, 0.2) is 6.29 Å². The molecule has 3 rings (SSSR count). The Morgan fingerprint density at radius 3 is 2.95 bits per heavy atom. The molecule has 0 spiro atoms. The largest absolute Gasteiger partial charge is 0.469 e. The van der Waals surface area contributed by atoms with Crippen molar-refractivity contribution in [1.29, 1.82) is 0 Å². The summed E-state index contributed by atoms with van der Waals surface area (Å²) in [4.78, 5) is 15.4. The number of hydrogen-bond acceptors (Lipinski definition) is 3. The highest BCUT2D eigenvalue weighted by Gasteiger charge is 2.11. The first kappa shape index (κ1) is 12.2. The van der Waals surface area contributed by atoms with Gasteiger partial charge in [-0.2, -0.15) is 0 Å². The van der Waals surface area contributed by atoms with Gasteiger partial charge in [-0.05, 0) is 40.2 Å². The molecule has 19 heavy (non-hydrogen) atoms. The Kier molecular flexibility index (Phi) is 3.21. The zero-order valence-corrected chi connectivity index (χ0v) is 11.6. The number of rotatable bonds is 4. The molecule has 0 N–H and O–H groups in total. The predicted octanol–water partition coefficient (Wildman–Crippen LogP) is 3.29. The number of furan rings is 1. The summed E-state index contributed by atoms with van der Waals surface area (Å²) in [7, 11) is 0. The zero-order valence-electron chi connectivity index (χ0n) is 10.0. The normalized spacial score (nSPS) is 11.0. The summed E-state index contributed by atoms with van der Waals surface area (Å²) in [6, 6.07) is 7.59. The van der Waals surface area contributed by atoms with Gasteiger partial charge in [-0.25, -0.2) is 4.98 Å². The molecule has 96 valence electrons. The highest BCUT2D eigenvalue weighted by atomic mass is 79.9. The number of pyridine rings is 1. The van der Waals surface area contributed by atoms with Crippen molar-refractivity contribution in [3.05, 3.63) is 58.5 Å². The van der Waals surface area contributed by atoms with Crippen LogP contribution >= 0.6 is 15.9 Å². The number of fused-ring (bicyclic) bond motifs is 1. The molecule has 0 aromatic carbocycles. The first-order chi connectivity index (χ1) is 9.28. The van der Waals surface area contributed by atoms with Crippen molar-refractivity contribution >= 4 is 27.7 Å². The zero-order chi connectivity index (χ0) is 13.2. The van der Waals surface area contributed by atoms with Crippen LogP contribution in [0.1, 0.15) is 22.1 Å². The van der Waals surface area contributed by atoms with E-state index >= 15 is 0 Å². The lowest BCUT2D eigenvalue weighted by Gasteiger charge is -2.00. The third-order valence-electron chi connectivity index (χ3n) is 2.99. The quantitative estimate of drug-likeness (QED) is 0.693. The molecule has 0 aliphatic rings. The van der Waals surface area contributed by atoms with Gasteiger partial charge in [0.25, 0.3) is 0 Å². The maximum atomic E-state index is 11.0. The predicted molar refractivity (Wildman–Crippen MR) is 74.4 cm³/mol. The SMILES string of the molecule is O=Cc1nc(CCc2ccco2)n2cc(Br)ccc12. The highest BCUT2D eigenvalue weighted by Crippen LogP contribution is 2.18. The fraction of sp³-hybridized carbons (Fsp3) is 0.143. The molecular weight excluding hydrogens is 308 g/mol. The molecule has 3 aromatic heterocycles. The molecule has 0 saturated heterocycles. The van der Waals surface area contributed by atoms with Crippen molar-refractivity contribution in [2.75, 3.05) is 0 Å². The maximum Gasteiger partial charge on any atom is 0.170 e. The summed E-state index contributed by atoms with van der Waals surface area (Å²) in [5, 5.41) is 0. The molecule has 0 saturated carbocycles. The van der Waals surface area contributed by atoms with Crippen molar-refractivity contribution in [3.8, 4) is 0 Å². The number of aromatic nitrogens is 2. The Morgan fingerprint density at radius 1 is 1.32 bits per heavy atom. The van der Waals surface area contributed by atoms with Crippen LogP contribution in [0.15, 0.2) is 45.6 Å². The molecule has 3 heterocycles. The molecule has 0 atom stereocenters. The average molecular weight is 319 g/mol. The van der Waals surface area contributed by atoms with Gasteiger partial charge in [0, 0.05) is 23.5 Å². The minimum atomic E-state index is 0.474. The minimum Gasteiger partial charge on any atom is -0.469 e. The summed E-state index contributed by atoms with van der Waals surface area (Å²) < 4.78 is 8.20. The Bertz CT molecular complexity index is 716. The lowest BCUT2D eigenvalue weighted by molar-refractivity contribution is 0.112. The minimum absolute atomic E-state index is 0.474. The number of aldehydes is 1. The van der Waals surface area contributed by atoms with E-state index < -0.39 is 0 Å². The van der Waals surface area contributed by atoms with Gasteiger partial charge in [-0.15, -0.1) is 0 Å². The highest BCUT2D eigenvalue weighted by molar-refractivity contribution is 9.10. The number of nitrogens with zero attached hydrogens (tertiary/aromatic N) is 2. The second-order valence-corrected chi connectivity index (χ2v) is 5.13. The van der Waals surface area contributed by atoms with Gasteiger partial charge >= 0.3 is 0 Å². The fourth-order valence-corrected chi connectivity index (χ4v) is 2.44. The van der Waals surface area contributed by atoms with E-state index in [1.807, 2.05) is 34.9 Å². The van der Waals surface area contributed by atoms with Crippen LogP contribution < -0.4 is 0 Å². The molecule has 0 unspecified atom stereocenters. The first-order valence-electron chi connectivity index (χ1n) is 5.92. The van der Waals surface area contributed by atoms with Gasteiger partial charge in [-0.3, -0.25) is 4.79 Å². The van der Waals surface area contributed by atoms with Gasteiger partial charge in [0.1, 0.15) is 17.3 Å². The number of carbonyl (C=O) groups excluding carboxylic acids is 1. The Labute approximate surface area is 118 Å². The van der Waals surface area contributed by atoms with Crippen LogP contribution in [0.3, 0.4) is 0 Å². The van der Waals surface area contributed by atoms with E-state index in [0.29, 0.717) is 5.69 Å². The van der Waals surface area contributed by atoms with Crippen molar-refractivity contribution < 1.29 is 9.21 Å². The van der Waals surface area contributed by atoms with Crippen molar-refractivity contribution in [2.24, 2.45) is 0 Å². The number of halogens is 1. The first-order valence-corrected chi connectivity index (χ1v) is 6.71. The molecule has 0 aliphatic heterocycles. The van der Waals surface area contributed by atoms with Gasteiger partial charge in [0.2, 0.25) is 0 Å². The van der Waals surface area contributed by atoms with E-state index in [4.69, 9.17) is 4.42 Å². The van der Waals surface area contributed by atoms with Crippen LogP contribution in [0.4, 0.5) is 0 Å². The summed E-state index contributed by atoms with van der Waals surface area (Å²) in [6.45, 7) is 0. The maximum absolute atomic E-state index is 11.0. The van der Waals surface area contributed by atoms with E-state index in [-0.39, 0.29) is 0 Å². The Balaban J connectivity index is 1.98. The molecule has 5 heteroatoms. The topological polar surface area (TPSA) is 47.5 Å². The summed E-state index contributed by atoms with van der Waals surface area (Å²) in [5.74, 6) is 1.77. The fourth-order valence-electron chi connectivity index (χ4n) is 2.10. The molecule has 0 aliphatic carbocycles. The van der Waals surface area contributed by atoms with Gasteiger partial charge in [0.05, 0.1) is 11.8 Å². The Hall–Kier alpha value is -1.88. The average Bonchev–Trinajstić information content (AvgIpc) is 3.03. The molecule has 0 fully saturated rings.